The number of nitrogens with two attached hydrogens (primary N) is 1. The molecule has 3 unspecified atom stereocenters. The highest BCUT2D eigenvalue weighted by Gasteiger charge is 2.37. The Morgan fingerprint density at radius 3 is 3.00 bits per heavy atom. The quantitative estimate of drug-likeness (QED) is 0.903. The largest absolute Gasteiger partial charge is 0.374 e. The minimum Gasteiger partial charge on any atom is -0.374 e. The summed E-state index contributed by atoms with van der Waals surface area (Å²) in [6.45, 7) is 3.07. The Bertz CT molecular complexity index is 437. The van der Waals surface area contributed by atoms with Crippen LogP contribution in [0.5, 0.6) is 0 Å². The maximum absolute atomic E-state index is 6.48. The first-order valence-electron chi connectivity index (χ1n) is 7.66. The van der Waals surface area contributed by atoms with Crippen LogP contribution >= 0.6 is 0 Å². The van der Waals surface area contributed by atoms with Gasteiger partial charge in [-0.2, -0.15) is 0 Å². The molecule has 3 atom stereocenters. The van der Waals surface area contributed by atoms with Crippen molar-refractivity contribution in [3.63, 3.8) is 0 Å². The molecule has 1 aromatic rings. The Hall–Kier alpha value is -0.860. The van der Waals surface area contributed by atoms with Gasteiger partial charge < -0.3 is 10.5 Å². The van der Waals surface area contributed by atoms with Crippen molar-refractivity contribution in [2.45, 2.75) is 63.0 Å². The molecule has 19 heavy (non-hydrogen) atoms. The molecule has 1 fully saturated rings. The van der Waals surface area contributed by atoms with Crippen molar-refractivity contribution < 1.29 is 4.74 Å². The van der Waals surface area contributed by atoms with E-state index in [2.05, 4.69) is 31.2 Å². The van der Waals surface area contributed by atoms with Crippen molar-refractivity contribution in [2.24, 2.45) is 5.73 Å². The molecule has 0 radical (unpaired) electrons. The summed E-state index contributed by atoms with van der Waals surface area (Å²) in [5.41, 5.74) is 9.45. The van der Waals surface area contributed by atoms with Gasteiger partial charge in [-0.1, -0.05) is 24.3 Å². The maximum atomic E-state index is 6.48. The minimum atomic E-state index is -0.0909. The summed E-state index contributed by atoms with van der Waals surface area (Å²) < 4.78 is 5.91. The zero-order valence-electron chi connectivity index (χ0n) is 11.9. The minimum absolute atomic E-state index is 0.0909. The summed E-state index contributed by atoms with van der Waals surface area (Å²) in [5.74, 6) is 0.626. The molecule has 1 aliphatic heterocycles. The fraction of sp³-hybridized carbons (Fsp3) is 0.647. The lowest BCUT2D eigenvalue weighted by Crippen LogP contribution is -2.46. The molecule has 0 spiro atoms. The van der Waals surface area contributed by atoms with Crippen LogP contribution in [0.15, 0.2) is 24.3 Å². The average molecular weight is 259 g/mol. The van der Waals surface area contributed by atoms with Crippen LogP contribution in [-0.4, -0.2) is 18.2 Å². The van der Waals surface area contributed by atoms with Crippen molar-refractivity contribution in [2.75, 3.05) is 6.61 Å². The van der Waals surface area contributed by atoms with Gasteiger partial charge in [0, 0.05) is 12.6 Å². The van der Waals surface area contributed by atoms with E-state index in [-0.39, 0.29) is 11.6 Å². The standard InChI is InChI=1S/C17H25NO/c1-17(10-5-11-19-17)16(18)12-14-8-4-7-13-6-2-3-9-15(13)14/h2-3,6,9,14,16H,4-5,7-8,10-12,18H2,1H3. The monoisotopic (exact) mass is 259 g/mol. The first-order chi connectivity index (χ1) is 9.19. The number of benzene rings is 1. The Balaban J connectivity index is 1.74. The van der Waals surface area contributed by atoms with Crippen molar-refractivity contribution in [3.8, 4) is 0 Å². The second-order valence-electron chi connectivity index (χ2n) is 6.39. The molecule has 2 aliphatic rings. The van der Waals surface area contributed by atoms with Crippen LogP contribution in [0.4, 0.5) is 0 Å². The number of hydrogen-bond acceptors (Lipinski definition) is 2. The van der Waals surface area contributed by atoms with Crippen LogP contribution < -0.4 is 5.73 Å². The summed E-state index contributed by atoms with van der Waals surface area (Å²) in [6, 6.07) is 9.05. The van der Waals surface area contributed by atoms with Crippen LogP contribution in [0.25, 0.3) is 0 Å². The van der Waals surface area contributed by atoms with Gasteiger partial charge in [-0.25, -0.2) is 0 Å². The SMILES string of the molecule is CC1(C(N)CC2CCCc3ccccc32)CCCO1. The first-order valence-corrected chi connectivity index (χ1v) is 7.66. The fourth-order valence-corrected chi connectivity index (χ4v) is 3.75. The second kappa shape index (κ2) is 5.26. The summed E-state index contributed by atoms with van der Waals surface area (Å²) >= 11 is 0. The lowest BCUT2D eigenvalue weighted by atomic mass is 9.77. The highest BCUT2D eigenvalue weighted by Crippen LogP contribution is 2.38. The summed E-state index contributed by atoms with van der Waals surface area (Å²) in [7, 11) is 0. The van der Waals surface area contributed by atoms with Crippen LogP contribution in [0, 0.1) is 0 Å². The smallest absolute Gasteiger partial charge is 0.0805 e. The van der Waals surface area contributed by atoms with E-state index in [1.807, 2.05) is 0 Å². The molecule has 1 saturated heterocycles. The molecule has 0 bridgehead atoms. The lowest BCUT2D eigenvalue weighted by Gasteiger charge is -2.35. The second-order valence-corrected chi connectivity index (χ2v) is 6.39. The van der Waals surface area contributed by atoms with E-state index in [4.69, 9.17) is 10.5 Å². The van der Waals surface area contributed by atoms with Gasteiger partial charge in [0.25, 0.3) is 0 Å². The van der Waals surface area contributed by atoms with E-state index in [1.165, 1.54) is 30.4 Å². The molecular weight excluding hydrogens is 234 g/mol. The Labute approximate surface area is 116 Å². The van der Waals surface area contributed by atoms with Gasteiger partial charge in [0.05, 0.1) is 5.60 Å². The Morgan fingerprint density at radius 1 is 1.37 bits per heavy atom. The molecule has 0 aromatic heterocycles. The van der Waals surface area contributed by atoms with Crippen LogP contribution in [0.2, 0.25) is 0 Å². The molecule has 2 nitrogen and oxygen atoms in total. The van der Waals surface area contributed by atoms with Gasteiger partial charge in [-0.15, -0.1) is 0 Å². The predicted octanol–water partition coefficient (Wildman–Crippen LogP) is 3.39. The molecular formula is C17H25NO. The maximum Gasteiger partial charge on any atom is 0.0805 e. The van der Waals surface area contributed by atoms with E-state index in [9.17, 15) is 0 Å². The molecule has 1 heterocycles. The zero-order chi connectivity index (χ0) is 13.3. The first kappa shape index (κ1) is 13.1. The molecule has 0 saturated carbocycles. The van der Waals surface area contributed by atoms with Crippen molar-refractivity contribution in [1.29, 1.82) is 0 Å². The van der Waals surface area contributed by atoms with Crippen LogP contribution in [0.3, 0.4) is 0 Å². The van der Waals surface area contributed by atoms with Crippen molar-refractivity contribution in [3.05, 3.63) is 35.4 Å². The third-order valence-electron chi connectivity index (χ3n) is 5.07. The normalized spacial score (nSPS) is 32.0. The molecule has 1 aromatic carbocycles. The number of hydrogen-bond donors (Lipinski definition) is 1. The Morgan fingerprint density at radius 2 is 2.21 bits per heavy atom. The van der Waals surface area contributed by atoms with Crippen LogP contribution in [-0.2, 0) is 11.2 Å². The number of ether oxygens (including phenoxy) is 1. The summed E-state index contributed by atoms with van der Waals surface area (Å²) in [4.78, 5) is 0. The van der Waals surface area contributed by atoms with E-state index >= 15 is 0 Å². The lowest BCUT2D eigenvalue weighted by molar-refractivity contribution is -0.00513. The topological polar surface area (TPSA) is 35.2 Å². The number of fused-ring (bicyclic) bond motifs is 1. The van der Waals surface area contributed by atoms with Gasteiger partial charge in [-0.3, -0.25) is 0 Å². The van der Waals surface area contributed by atoms with Gasteiger partial charge in [0.1, 0.15) is 0 Å². The summed E-state index contributed by atoms with van der Waals surface area (Å²) in [6.07, 6.45) is 7.14. The molecule has 3 rings (SSSR count). The van der Waals surface area contributed by atoms with E-state index in [0.29, 0.717) is 5.92 Å². The molecule has 0 amide bonds. The Kier molecular flexibility index (Phi) is 3.64. The van der Waals surface area contributed by atoms with E-state index in [0.717, 1.165) is 25.9 Å². The van der Waals surface area contributed by atoms with Crippen molar-refractivity contribution >= 4 is 0 Å². The van der Waals surface area contributed by atoms with Gasteiger partial charge in [-0.05, 0) is 62.5 Å². The predicted molar refractivity (Wildman–Crippen MR) is 78.3 cm³/mol. The fourth-order valence-electron chi connectivity index (χ4n) is 3.75. The molecule has 2 N–H and O–H groups in total. The molecule has 104 valence electrons. The van der Waals surface area contributed by atoms with Gasteiger partial charge >= 0.3 is 0 Å². The number of aryl methyl sites for hydroxylation is 1. The highest BCUT2D eigenvalue weighted by atomic mass is 16.5. The average Bonchev–Trinajstić information content (AvgIpc) is 2.87. The third-order valence-corrected chi connectivity index (χ3v) is 5.07. The van der Waals surface area contributed by atoms with Gasteiger partial charge in [0.2, 0.25) is 0 Å². The molecule has 2 heteroatoms. The van der Waals surface area contributed by atoms with Crippen LogP contribution in [0.1, 0.15) is 56.1 Å². The van der Waals surface area contributed by atoms with E-state index < -0.39 is 0 Å². The molecule has 1 aliphatic carbocycles. The van der Waals surface area contributed by atoms with Crippen molar-refractivity contribution in [1.82, 2.24) is 0 Å². The van der Waals surface area contributed by atoms with Gasteiger partial charge in [0.15, 0.2) is 0 Å². The van der Waals surface area contributed by atoms with E-state index in [1.54, 1.807) is 0 Å². The summed E-state index contributed by atoms with van der Waals surface area (Å²) in [5, 5.41) is 0. The number of rotatable bonds is 3. The highest BCUT2D eigenvalue weighted by molar-refractivity contribution is 5.32. The third kappa shape index (κ3) is 2.56. The zero-order valence-corrected chi connectivity index (χ0v) is 11.9.